The summed E-state index contributed by atoms with van der Waals surface area (Å²) in [7, 11) is 5.25. The van der Waals surface area contributed by atoms with Crippen LogP contribution in [0.2, 0.25) is 0 Å². The number of ether oxygens (including phenoxy) is 2. The maximum Gasteiger partial charge on any atom is 0.149 e. The highest BCUT2D eigenvalue weighted by Crippen LogP contribution is 2.30. The second-order valence-electron chi connectivity index (χ2n) is 5.02. The van der Waals surface area contributed by atoms with Gasteiger partial charge in [-0.3, -0.25) is 0 Å². The molecular formula is C15H22N4O2. The number of nitrogens with one attached hydrogen (secondary N) is 1. The lowest BCUT2D eigenvalue weighted by atomic mass is 10.1. The first kappa shape index (κ1) is 15.3. The van der Waals surface area contributed by atoms with Crippen LogP contribution in [0.15, 0.2) is 24.5 Å². The number of rotatable bonds is 6. The normalized spacial score (nSPS) is 13.8. The van der Waals surface area contributed by atoms with E-state index < -0.39 is 0 Å². The van der Waals surface area contributed by atoms with E-state index in [9.17, 15) is 0 Å². The molecule has 0 spiro atoms. The first-order valence-electron chi connectivity index (χ1n) is 6.88. The van der Waals surface area contributed by atoms with Crippen LogP contribution in [0, 0.1) is 0 Å². The average molecular weight is 290 g/mol. The molecule has 1 aromatic heterocycles. The third kappa shape index (κ3) is 3.33. The van der Waals surface area contributed by atoms with Crippen molar-refractivity contribution in [1.29, 1.82) is 0 Å². The van der Waals surface area contributed by atoms with Gasteiger partial charge in [0, 0.05) is 24.7 Å². The Balaban J connectivity index is 2.16. The fraction of sp³-hybridized carbons (Fsp3) is 0.467. The number of hydrogen-bond acceptors (Lipinski definition) is 5. The van der Waals surface area contributed by atoms with Gasteiger partial charge in [0.25, 0.3) is 0 Å². The lowest BCUT2D eigenvalue weighted by Crippen LogP contribution is -2.25. The number of hydrogen-bond donors (Lipinski definition) is 1. The molecule has 0 bridgehead atoms. The maximum absolute atomic E-state index is 5.45. The Morgan fingerprint density at radius 2 is 1.90 bits per heavy atom. The smallest absolute Gasteiger partial charge is 0.149 e. The van der Waals surface area contributed by atoms with Crippen molar-refractivity contribution in [2.24, 2.45) is 7.05 Å². The number of aryl methyl sites for hydroxylation is 1. The van der Waals surface area contributed by atoms with Gasteiger partial charge in [-0.25, -0.2) is 0 Å². The Morgan fingerprint density at radius 1 is 1.14 bits per heavy atom. The monoisotopic (exact) mass is 290 g/mol. The second-order valence-corrected chi connectivity index (χ2v) is 5.02. The molecular weight excluding hydrogens is 268 g/mol. The molecule has 0 aliphatic heterocycles. The number of benzene rings is 1. The van der Waals surface area contributed by atoms with Crippen LogP contribution in [0.4, 0.5) is 0 Å². The Hall–Kier alpha value is -2.08. The first-order valence-corrected chi connectivity index (χ1v) is 6.88. The van der Waals surface area contributed by atoms with Crippen molar-refractivity contribution in [3.63, 3.8) is 0 Å². The van der Waals surface area contributed by atoms with E-state index in [2.05, 4.69) is 29.4 Å². The molecule has 0 saturated carbocycles. The van der Waals surface area contributed by atoms with E-state index in [1.165, 1.54) is 0 Å². The standard InChI is InChI=1S/C15H22N4O2/c1-10(17-11(2)15-18-16-9-19(15)3)13-7-6-12(20-4)8-14(13)21-5/h6-11,17H,1-5H3. The zero-order chi connectivity index (χ0) is 15.4. The average Bonchev–Trinajstić information content (AvgIpc) is 2.92. The number of methoxy groups -OCH3 is 2. The van der Waals surface area contributed by atoms with Crippen molar-refractivity contribution in [1.82, 2.24) is 20.1 Å². The van der Waals surface area contributed by atoms with E-state index in [4.69, 9.17) is 9.47 Å². The third-order valence-electron chi connectivity index (χ3n) is 3.54. The van der Waals surface area contributed by atoms with Gasteiger partial charge in [0.2, 0.25) is 0 Å². The van der Waals surface area contributed by atoms with Gasteiger partial charge >= 0.3 is 0 Å². The van der Waals surface area contributed by atoms with Crippen molar-refractivity contribution >= 4 is 0 Å². The molecule has 2 aromatic rings. The molecule has 2 rings (SSSR count). The van der Waals surface area contributed by atoms with Crippen LogP contribution >= 0.6 is 0 Å². The Bertz CT molecular complexity index is 597. The van der Waals surface area contributed by atoms with Gasteiger partial charge < -0.3 is 19.4 Å². The van der Waals surface area contributed by atoms with Crippen LogP contribution in [0.5, 0.6) is 11.5 Å². The van der Waals surface area contributed by atoms with Crippen molar-refractivity contribution in [2.45, 2.75) is 25.9 Å². The summed E-state index contributed by atoms with van der Waals surface area (Å²) >= 11 is 0. The van der Waals surface area contributed by atoms with Gasteiger partial charge in [-0.05, 0) is 19.9 Å². The van der Waals surface area contributed by atoms with Crippen LogP contribution in [0.1, 0.15) is 37.3 Å². The molecule has 6 nitrogen and oxygen atoms in total. The molecule has 0 radical (unpaired) electrons. The van der Waals surface area contributed by atoms with E-state index in [1.807, 2.05) is 29.8 Å². The summed E-state index contributed by atoms with van der Waals surface area (Å²) in [4.78, 5) is 0. The molecule has 2 atom stereocenters. The zero-order valence-electron chi connectivity index (χ0n) is 13.1. The van der Waals surface area contributed by atoms with E-state index >= 15 is 0 Å². The zero-order valence-corrected chi connectivity index (χ0v) is 13.1. The Kier molecular flexibility index (Phi) is 4.80. The second kappa shape index (κ2) is 6.58. The minimum atomic E-state index is 0.0827. The first-order chi connectivity index (χ1) is 10.1. The van der Waals surface area contributed by atoms with Crippen LogP contribution in [-0.2, 0) is 7.05 Å². The topological polar surface area (TPSA) is 61.2 Å². The summed E-state index contributed by atoms with van der Waals surface area (Å²) in [6.45, 7) is 4.16. The molecule has 0 aliphatic carbocycles. The molecule has 0 saturated heterocycles. The molecule has 0 fully saturated rings. The van der Waals surface area contributed by atoms with Gasteiger partial charge in [-0.15, -0.1) is 10.2 Å². The quantitative estimate of drug-likeness (QED) is 0.884. The van der Waals surface area contributed by atoms with Crippen molar-refractivity contribution in [3.8, 4) is 11.5 Å². The van der Waals surface area contributed by atoms with Crippen molar-refractivity contribution in [3.05, 3.63) is 35.9 Å². The highest BCUT2D eigenvalue weighted by molar-refractivity contribution is 5.42. The summed E-state index contributed by atoms with van der Waals surface area (Å²) < 4.78 is 12.6. The lowest BCUT2D eigenvalue weighted by Gasteiger charge is -2.21. The summed E-state index contributed by atoms with van der Waals surface area (Å²) in [6, 6.07) is 6.03. The van der Waals surface area contributed by atoms with E-state index in [0.29, 0.717) is 0 Å². The predicted molar refractivity (Wildman–Crippen MR) is 80.5 cm³/mol. The minimum absolute atomic E-state index is 0.0827. The van der Waals surface area contributed by atoms with Gasteiger partial charge in [0.05, 0.1) is 20.3 Å². The molecule has 2 unspecified atom stereocenters. The molecule has 1 aromatic carbocycles. The molecule has 1 N–H and O–H groups in total. The summed E-state index contributed by atoms with van der Waals surface area (Å²) in [5.41, 5.74) is 1.08. The minimum Gasteiger partial charge on any atom is -0.497 e. The predicted octanol–water partition coefficient (Wildman–Crippen LogP) is 2.24. The van der Waals surface area contributed by atoms with Gasteiger partial charge in [0.15, 0.2) is 0 Å². The summed E-state index contributed by atoms with van der Waals surface area (Å²) in [6.07, 6.45) is 1.70. The fourth-order valence-corrected chi connectivity index (χ4v) is 2.40. The van der Waals surface area contributed by atoms with Crippen LogP contribution < -0.4 is 14.8 Å². The van der Waals surface area contributed by atoms with Crippen LogP contribution in [-0.4, -0.2) is 29.0 Å². The lowest BCUT2D eigenvalue weighted by molar-refractivity contribution is 0.381. The molecule has 6 heteroatoms. The third-order valence-corrected chi connectivity index (χ3v) is 3.54. The Labute approximate surface area is 125 Å². The fourth-order valence-electron chi connectivity index (χ4n) is 2.40. The van der Waals surface area contributed by atoms with Gasteiger partial charge in [-0.1, -0.05) is 6.07 Å². The number of nitrogens with zero attached hydrogens (tertiary/aromatic N) is 3. The van der Waals surface area contributed by atoms with E-state index in [-0.39, 0.29) is 12.1 Å². The Morgan fingerprint density at radius 3 is 2.48 bits per heavy atom. The van der Waals surface area contributed by atoms with E-state index in [0.717, 1.165) is 22.9 Å². The van der Waals surface area contributed by atoms with Crippen LogP contribution in [0.25, 0.3) is 0 Å². The molecule has 0 amide bonds. The number of aromatic nitrogens is 3. The van der Waals surface area contributed by atoms with Crippen molar-refractivity contribution < 1.29 is 9.47 Å². The van der Waals surface area contributed by atoms with E-state index in [1.54, 1.807) is 20.5 Å². The SMILES string of the molecule is COc1ccc(C(C)NC(C)c2nncn2C)c(OC)c1. The highest BCUT2D eigenvalue weighted by Gasteiger charge is 2.18. The largest absolute Gasteiger partial charge is 0.497 e. The molecule has 0 aliphatic rings. The van der Waals surface area contributed by atoms with Gasteiger partial charge in [-0.2, -0.15) is 0 Å². The molecule has 1 heterocycles. The van der Waals surface area contributed by atoms with Gasteiger partial charge in [0.1, 0.15) is 23.7 Å². The highest BCUT2D eigenvalue weighted by atomic mass is 16.5. The maximum atomic E-state index is 5.45. The summed E-state index contributed by atoms with van der Waals surface area (Å²) in [5, 5.41) is 11.5. The summed E-state index contributed by atoms with van der Waals surface area (Å²) in [5.74, 6) is 2.48. The molecule has 21 heavy (non-hydrogen) atoms. The van der Waals surface area contributed by atoms with Crippen molar-refractivity contribution in [2.75, 3.05) is 14.2 Å². The van der Waals surface area contributed by atoms with Crippen LogP contribution in [0.3, 0.4) is 0 Å². The molecule has 114 valence electrons.